The summed E-state index contributed by atoms with van der Waals surface area (Å²) in [6, 6.07) is 11.6. The van der Waals surface area contributed by atoms with Gasteiger partial charge in [-0.25, -0.2) is 0 Å². The Morgan fingerprint density at radius 3 is 2.28 bits per heavy atom. The number of aryl methyl sites for hydroxylation is 2. The topological polar surface area (TPSA) is 47.6 Å². The fourth-order valence-electron chi connectivity index (χ4n) is 2.67. The predicted octanol–water partition coefficient (Wildman–Crippen LogP) is 4.27. The van der Waals surface area contributed by atoms with Gasteiger partial charge in [0.25, 0.3) is 5.91 Å². The second-order valence-electron chi connectivity index (χ2n) is 6.47. The van der Waals surface area contributed by atoms with Crippen LogP contribution in [0.4, 0.5) is 0 Å². The van der Waals surface area contributed by atoms with Crippen molar-refractivity contribution < 1.29 is 14.3 Å². The lowest BCUT2D eigenvalue weighted by molar-refractivity contribution is -0.127. The van der Waals surface area contributed by atoms with Crippen LogP contribution in [0.25, 0.3) is 0 Å². The third kappa shape index (κ3) is 4.75. The van der Waals surface area contributed by atoms with Crippen molar-refractivity contribution in [3.05, 3.63) is 58.7 Å². The van der Waals surface area contributed by atoms with E-state index in [0.717, 1.165) is 33.8 Å². The minimum absolute atomic E-state index is 0.107. The monoisotopic (exact) mass is 341 g/mol. The molecule has 0 aliphatic carbocycles. The van der Waals surface area contributed by atoms with Crippen molar-refractivity contribution >= 4 is 5.91 Å². The van der Waals surface area contributed by atoms with Gasteiger partial charge in [0.2, 0.25) is 0 Å². The molecule has 2 atom stereocenters. The van der Waals surface area contributed by atoms with Crippen LogP contribution in [0.1, 0.15) is 42.1 Å². The third-order valence-corrected chi connectivity index (χ3v) is 4.41. The highest BCUT2D eigenvalue weighted by molar-refractivity contribution is 5.81. The average Bonchev–Trinajstić information content (AvgIpc) is 2.59. The first-order chi connectivity index (χ1) is 11.8. The number of ether oxygens (including phenoxy) is 2. The fourth-order valence-corrected chi connectivity index (χ4v) is 2.67. The minimum Gasteiger partial charge on any atom is -0.497 e. The van der Waals surface area contributed by atoms with E-state index in [-0.39, 0.29) is 11.9 Å². The molecular formula is C21H27NO3. The Balaban J connectivity index is 2.02. The Bertz CT molecular complexity index is 738. The summed E-state index contributed by atoms with van der Waals surface area (Å²) in [6.07, 6.45) is -0.569. The largest absolute Gasteiger partial charge is 0.497 e. The maximum absolute atomic E-state index is 12.5. The van der Waals surface area contributed by atoms with Gasteiger partial charge in [-0.2, -0.15) is 0 Å². The maximum Gasteiger partial charge on any atom is 0.261 e. The van der Waals surface area contributed by atoms with E-state index in [4.69, 9.17) is 9.47 Å². The summed E-state index contributed by atoms with van der Waals surface area (Å²) >= 11 is 0. The maximum atomic E-state index is 12.5. The van der Waals surface area contributed by atoms with Crippen LogP contribution in [0.5, 0.6) is 11.5 Å². The Kier molecular flexibility index (Phi) is 6.07. The number of carbonyl (C=O) groups excluding carboxylic acids is 1. The second kappa shape index (κ2) is 8.06. The standard InChI is InChI=1S/C21H27NO3/c1-13-11-14(2)15(3)20(12-13)25-17(5)21(23)22-16(4)18-7-9-19(24-6)10-8-18/h7-12,16-17H,1-6H3,(H,22,23)/t16-,17-/m1/s1. The minimum atomic E-state index is -0.569. The van der Waals surface area contributed by atoms with Crippen molar-refractivity contribution in [2.24, 2.45) is 0 Å². The number of rotatable bonds is 6. The molecule has 1 amide bonds. The van der Waals surface area contributed by atoms with E-state index in [1.54, 1.807) is 14.0 Å². The van der Waals surface area contributed by atoms with Crippen molar-refractivity contribution in [2.45, 2.75) is 46.8 Å². The van der Waals surface area contributed by atoms with Crippen LogP contribution in [-0.4, -0.2) is 19.1 Å². The summed E-state index contributed by atoms with van der Waals surface area (Å²) < 4.78 is 11.1. The summed E-state index contributed by atoms with van der Waals surface area (Å²) in [5.41, 5.74) is 4.36. The van der Waals surface area contributed by atoms with E-state index in [0.29, 0.717) is 0 Å². The van der Waals surface area contributed by atoms with Gasteiger partial charge in [0.15, 0.2) is 6.10 Å². The molecule has 2 aromatic rings. The van der Waals surface area contributed by atoms with Crippen molar-refractivity contribution in [3.8, 4) is 11.5 Å². The lowest BCUT2D eigenvalue weighted by atomic mass is 10.1. The molecule has 0 radical (unpaired) electrons. The Labute approximate surface area is 150 Å². The average molecular weight is 341 g/mol. The Morgan fingerprint density at radius 2 is 1.68 bits per heavy atom. The molecule has 0 saturated heterocycles. The smallest absolute Gasteiger partial charge is 0.261 e. The van der Waals surface area contributed by atoms with E-state index >= 15 is 0 Å². The molecule has 25 heavy (non-hydrogen) atoms. The zero-order chi connectivity index (χ0) is 18.6. The first-order valence-electron chi connectivity index (χ1n) is 8.50. The number of amides is 1. The zero-order valence-corrected chi connectivity index (χ0v) is 15.8. The van der Waals surface area contributed by atoms with Crippen LogP contribution in [0.3, 0.4) is 0 Å². The molecule has 0 fully saturated rings. The van der Waals surface area contributed by atoms with Gasteiger partial charge in [0, 0.05) is 0 Å². The summed E-state index contributed by atoms with van der Waals surface area (Å²) in [6.45, 7) is 9.80. The predicted molar refractivity (Wildman–Crippen MR) is 100 cm³/mol. The second-order valence-corrected chi connectivity index (χ2v) is 6.47. The molecule has 4 nitrogen and oxygen atoms in total. The van der Waals surface area contributed by atoms with Gasteiger partial charge in [-0.1, -0.05) is 18.2 Å². The van der Waals surface area contributed by atoms with Crippen molar-refractivity contribution in [1.29, 1.82) is 0 Å². The molecule has 0 aliphatic heterocycles. The van der Waals surface area contributed by atoms with Crippen molar-refractivity contribution in [2.75, 3.05) is 7.11 Å². The molecule has 0 spiro atoms. The van der Waals surface area contributed by atoms with E-state index < -0.39 is 6.10 Å². The van der Waals surface area contributed by atoms with Gasteiger partial charge in [0.1, 0.15) is 11.5 Å². The lowest BCUT2D eigenvalue weighted by Gasteiger charge is -2.21. The number of methoxy groups -OCH3 is 1. The molecule has 0 aliphatic rings. The number of nitrogens with one attached hydrogen (secondary N) is 1. The Morgan fingerprint density at radius 1 is 1.04 bits per heavy atom. The highest BCUT2D eigenvalue weighted by Gasteiger charge is 2.19. The lowest BCUT2D eigenvalue weighted by Crippen LogP contribution is -2.37. The third-order valence-electron chi connectivity index (χ3n) is 4.41. The molecule has 0 unspecified atom stereocenters. The van der Waals surface area contributed by atoms with Gasteiger partial charge >= 0.3 is 0 Å². The van der Waals surface area contributed by atoms with Crippen molar-refractivity contribution in [1.82, 2.24) is 5.32 Å². The van der Waals surface area contributed by atoms with Crippen LogP contribution in [0.2, 0.25) is 0 Å². The van der Waals surface area contributed by atoms with E-state index in [1.165, 1.54) is 0 Å². The summed E-state index contributed by atoms with van der Waals surface area (Å²) in [4.78, 5) is 12.5. The van der Waals surface area contributed by atoms with Gasteiger partial charge in [-0.05, 0) is 75.1 Å². The highest BCUT2D eigenvalue weighted by atomic mass is 16.5. The SMILES string of the molecule is COc1ccc([C@@H](C)NC(=O)[C@@H](C)Oc2cc(C)cc(C)c2C)cc1. The normalized spacial score (nSPS) is 13.0. The fraction of sp³-hybridized carbons (Fsp3) is 0.381. The highest BCUT2D eigenvalue weighted by Crippen LogP contribution is 2.24. The molecule has 0 aromatic heterocycles. The quantitative estimate of drug-likeness (QED) is 0.854. The molecule has 134 valence electrons. The van der Waals surface area contributed by atoms with Crippen LogP contribution in [0, 0.1) is 20.8 Å². The van der Waals surface area contributed by atoms with E-state index in [1.807, 2.05) is 58.0 Å². The van der Waals surface area contributed by atoms with Crippen LogP contribution in [0.15, 0.2) is 36.4 Å². The molecule has 0 heterocycles. The molecule has 2 rings (SSSR count). The first-order valence-corrected chi connectivity index (χ1v) is 8.50. The number of hydrogen-bond donors (Lipinski definition) is 1. The number of hydrogen-bond acceptors (Lipinski definition) is 3. The van der Waals surface area contributed by atoms with Gasteiger partial charge < -0.3 is 14.8 Å². The number of benzene rings is 2. The van der Waals surface area contributed by atoms with E-state index in [9.17, 15) is 4.79 Å². The van der Waals surface area contributed by atoms with Crippen LogP contribution in [-0.2, 0) is 4.79 Å². The Hall–Kier alpha value is -2.49. The zero-order valence-electron chi connectivity index (χ0n) is 15.8. The summed E-state index contributed by atoms with van der Waals surface area (Å²) in [5, 5.41) is 3.00. The number of carbonyl (C=O) groups is 1. The molecule has 2 aromatic carbocycles. The van der Waals surface area contributed by atoms with Gasteiger partial charge in [-0.3, -0.25) is 4.79 Å². The molecular weight excluding hydrogens is 314 g/mol. The molecule has 4 heteroatoms. The van der Waals surface area contributed by atoms with Gasteiger partial charge in [-0.15, -0.1) is 0 Å². The van der Waals surface area contributed by atoms with Crippen molar-refractivity contribution in [3.63, 3.8) is 0 Å². The molecule has 0 bridgehead atoms. The van der Waals surface area contributed by atoms with Crippen LogP contribution >= 0.6 is 0 Å². The molecule has 1 N–H and O–H groups in total. The summed E-state index contributed by atoms with van der Waals surface area (Å²) in [5.74, 6) is 1.42. The summed E-state index contributed by atoms with van der Waals surface area (Å²) in [7, 11) is 1.63. The van der Waals surface area contributed by atoms with Gasteiger partial charge in [0.05, 0.1) is 13.2 Å². The van der Waals surface area contributed by atoms with E-state index in [2.05, 4.69) is 11.4 Å². The molecule has 0 saturated carbocycles. The van der Waals surface area contributed by atoms with Crippen LogP contribution < -0.4 is 14.8 Å². The first kappa shape index (κ1) is 18.8.